The molecule has 1 atom stereocenters. The van der Waals surface area contributed by atoms with Crippen LogP contribution in [0.3, 0.4) is 0 Å². The van der Waals surface area contributed by atoms with Crippen molar-refractivity contribution in [3.8, 4) is 0 Å². The molecule has 2 aromatic rings. The monoisotopic (exact) mass is 285 g/mol. The zero-order valence-corrected chi connectivity index (χ0v) is 11.3. The minimum Gasteiger partial charge on any atom is -0.394 e. The Morgan fingerprint density at radius 3 is 2.78 bits per heavy atom. The number of nitrogens with one attached hydrogen (secondary N) is 1. The molecule has 0 radical (unpaired) electrons. The summed E-state index contributed by atoms with van der Waals surface area (Å²) >= 11 is 11.8. The second-order valence-corrected chi connectivity index (χ2v) is 4.71. The lowest BCUT2D eigenvalue weighted by molar-refractivity contribution is 0.270. The second kappa shape index (κ2) is 5.61. The van der Waals surface area contributed by atoms with Crippen LogP contribution < -0.4 is 5.32 Å². The summed E-state index contributed by atoms with van der Waals surface area (Å²) in [5, 5.41) is 13.8. The van der Waals surface area contributed by atoms with Gasteiger partial charge in [0.1, 0.15) is 17.0 Å². The Bertz CT molecular complexity index is 542. The average molecular weight is 286 g/mol. The van der Waals surface area contributed by atoms with Crippen LogP contribution in [0.4, 0.5) is 5.69 Å². The van der Waals surface area contributed by atoms with Crippen molar-refractivity contribution < 1.29 is 5.11 Å². The lowest BCUT2D eigenvalue weighted by Crippen LogP contribution is -2.19. The maximum atomic E-state index is 9.45. The highest BCUT2D eigenvalue weighted by atomic mass is 35.5. The number of rotatable bonds is 4. The van der Waals surface area contributed by atoms with Gasteiger partial charge in [-0.15, -0.1) is 0 Å². The molecule has 6 heteroatoms. The molecule has 0 aliphatic rings. The van der Waals surface area contributed by atoms with Crippen LogP contribution in [0.2, 0.25) is 10.2 Å². The first kappa shape index (κ1) is 13.2. The van der Waals surface area contributed by atoms with Gasteiger partial charge in [-0.2, -0.15) is 0 Å². The summed E-state index contributed by atoms with van der Waals surface area (Å²) in [6.07, 6.45) is 1.55. The van der Waals surface area contributed by atoms with Crippen molar-refractivity contribution >= 4 is 28.9 Å². The van der Waals surface area contributed by atoms with Gasteiger partial charge in [-0.3, -0.25) is 0 Å². The maximum Gasteiger partial charge on any atom is 0.134 e. The van der Waals surface area contributed by atoms with Gasteiger partial charge in [-0.1, -0.05) is 29.3 Å². The second-order valence-electron chi connectivity index (χ2n) is 3.89. The van der Waals surface area contributed by atoms with E-state index < -0.39 is 0 Å². The molecule has 0 spiro atoms. The highest BCUT2D eigenvalue weighted by molar-refractivity contribution is 6.30. The van der Waals surface area contributed by atoms with Gasteiger partial charge in [0.15, 0.2) is 0 Å². The van der Waals surface area contributed by atoms with Gasteiger partial charge < -0.3 is 15.0 Å². The Labute approximate surface area is 115 Å². The van der Waals surface area contributed by atoms with E-state index in [4.69, 9.17) is 23.2 Å². The van der Waals surface area contributed by atoms with Crippen LogP contribution in [-0.4, -0.2) is 21.3 Å². The van der Waals surface area contributed by atoms with Gasteiger partial charge in [-0.05, 0) is 18.2 Å². The van der Waals surface area contributed by atoms with Crippen LogP contribution >= 0.6 is 23.2 Å². The van der Waals surface area contributed by atoms with Gasteiger partial charge >= 0.3 is 0 Å². The molecule has 2 N–H and O–H groups in total. The van der Waals surface area contributed by atoms with Gasteiger partial charge in [0.2, 0.25) is 0 Å². The van der Waals surface area contributed by atoms with Crippen LogP contribution in [0.15, 0.2) is 30.5 Å². The third kappa shape index (κ3) is 2.77. The number of imidazole rings is 1. The Balaban J connectivity index is 2.22. The Morgan fingerprint density at radius 2 is 2.22 bits per heavy atom. The summed E-state index contributed by atoms with van der Waals surface area (Å²) in [5.41, 5.74) is 0.820. The van der Waals surface area contributed by atoms with E-state index in [-0.39, 0.29) is 12.6 Å². The van der Waals surface area contributed by atoms with Gasteiger partial charge in [0.05, 0.1) is 12.8 Å². The minimum atomic E-state index is -0.332. The van der Waals surface area contributed by atoms with Crippen molar-refractivity contribution in [2.24, 2.45) is 7.05 Å². The number of aliphatic hydroxyl groups is 1. The SMILES string of the molecule is Cn1c(Cl)cnc1C(CO)Nc1cccc(Cl)c1. The molecule has 2 rings (SSSR count). The molecule has 18 heavy (non-hydrogen) atoms. The topological polar surface area (TPSA) is 50.1 Å². The Kier molecular flexibility index (Phi) is 4.11. The summed E-state index contributed by atoms with van der Waals surface area (Å²) in [6.45, 7) is -0.0896. The van der Waals surface area contributed by atoms with E-state index in [2.05, 4.69) is 10.3 Å². The van der Waals surface area contributed by atoms with Gasteiger partial charge in [0.25, 0.3) is 0 Å². The number of aromatic nitrogens is 2. The van der Waals surface area contributed by atoms with Gasteiger partial charge in [-0.25, -0.2) is 4.98 Å². The molecule has 96 valence electrons. The lowest BCUT2D eigenvalue weighted by Gasteiger charge is -2.17. The third-order valence-electron chi connectivity index (χ3n) is 2.63. The first-order chi connectivity index (χ1) is 8.61. The first-order valence-corrected chi connectivity index (χ1v) is 6.17. The van der Waals surface area contributed by atoms with E-state index in [0.717, 1.165) is 5.69 Å². The van der Waals surface area contributed by atoms with Crippen molar-refractivity contribution in [3.63, 3.8) is 0 Å². The van der Waals surface area contributed by atoms with Crippen LogP contribution in [0.1, 0.15) is 11.9 Å². The number of hydrogen-bond donors (Lipinski definition) is 2. The van der Waals surface area contributed by atoms with Gasteiger partial charge in [0, 0.05) is 17.8 Å². The highest BCUT2D eigenvalue weighted by Crippen LogP contribution is 2.22. The predicted octanol–water partition coefficient (Wildman–Crippen LogP) is 2.87. The molecule has 1 aromatic carbocycles. The normalized spacial score (nSPS) is 12.4. The average Bonchev–Trinajstić information content (AvgIpc) is 2.67. The Morgan fingerprint density at radius 1 is 1.44 bits per heavy atom. The lowest BCUT2D eigenvalue weighted by atomic mass is 10.2. The summed E-state index contributed by atoms with van der Waals surface area (Å²) in [4.78, 5) is 4.18. The molecular formula is C12H13Cl2N3O. The van der Waals surface area contributed by atoms with E-state index in [9.17, 15) is 5.11 Å². The van der Waals surface area contributed by atoms with Crippen LogP contribution in [0.25, 0.3) is 0 Å². The molecule has 1 aromatic heterocycles. The number of nitrogens with zero attached hydrogens (tertiary/aromatic N) is 2. The first-order valence-electron chi connectivity index (χ1n) is 5.42. The van der Waals surface area contributed by atoms with E-state index in [0.29, 0.717) is 16.0 Å². The van der Waals surface area contributed by atoms with E-state index in [1.54, 1.807) is 29.9 Å². The standard InChI is InChI=1S/C12H13Cl2N3O/c1-17-11(14)6-15-12(17)10(7-18)16-9-4-2-3-8(13)5-9/h2-6,10,16,18H,7H2,1H3. The van der Waals surface area contributed by atoms with Crippen LogP contribution in [-0.2, 0) is 7.05 Å². The van der Waals surface area contributed by atoms with Crippen molar-refractivity contribution in [1.82, 2.24) is 9.55 Å². The molecule has 0 saturated heterocycles. The molecule has 1 unspecified atom stereocenters. The van der Waals surface area contributed by atoms with Crippen molar-refractivity contribution in [3.05, 3.63) is 46.5 Å². The van der Waals surface area contributed by atoms with E-state index in [1.807, 2.05) is 12.1 Å². The molecule has 4 nitrogen and oxygen atoms in total. The van der Waals surface area contributed by atoms with Crippen molar-refractivity contribution in [2.75, 3.05) is 11.9 Å². The molecule has 1 heterocycles. The number of aliphatic hydroxyl groups excluding tert-OH is 1. The zero-order valence-electron chi connectivity index (χ0n) is 9.77. The van der Waals surface area contributed by atoms with Crippen molar-refractivity contribution in [1.29, 1.82) is 0 Å². The molecule has 0 bridgehead atoms. The quantitative estimate of drug-likeness (QED) is 0.908. The summed E-state index contributed by atoms with van der Waals surface area (Å²) in [6, 6.07) is 6.96. The highest BCUT2D eigenvalue weighted by Gasteiger charge is 2.16. The molecular weight excluding hydrogens is 273 g/mol. The van der Waals surface area contributed by atoms with E-state index >= 15 is 0 Å². The summed E-state index contributed by atoms with van der Waals surface area (Å²) < 4.78 is 1.72. The Hall–Kier alpha value is -1.23. The summed E-state index contributed by atoms with van der Waals surface area (Å²) in [5.74, 6) is 0.669. The maximum absolute atomic E-state index is 9.45. The van der Waals surface area contributed by atoms with Crippen molar-refractivity contribution in [2.45, 2.75) is 6.04 Å². The molecule has 0 amide bonds. The fourth-order valence-electron chi connectivity index (χ4n) is 1.70. The molecule has 0 fully saturated rings. The molecule has 0 aliphatic carbocycles. The number of halogens is 2. The fourth-order valence-corrected chi connectivity index (χ4v) is 2.02. The largest absolute Gasteiger partial charge is 0.394 e. The third-order valence-corrected chi connectivity index (χ3v) is 3.21. The minimum absolute atomic E-state index is 0.0896. The number of anilines is 1. The zero-order chi connectivity index (χ0) is 13.1. The fraction of sp³-hybridized carbons (Fsp3) is 0.250. The van der Waals surface area contributed by atoms with Crippen LogP contribution in [0.5, 0.6) is 0 Å². The molecule has 0 saturated carbocycles. The number of benzene rings is 1. The number of hydrogen-bond acceptors (Lipinski definition) is 3. The van der Waals surface area contributed by atoms with Crippen LogP contribution in [0, 0.1) is 0 Å². The molecule has 0 aliphatic heterocycles. The smallest absolute Gasteiger partial charge is 0.134 e. The van der Waals surface area contributed by atoms with E-state index in [1.165, 1.54) is 0 Å². The summed E-state index contributed by atoms with van der Waals surface area (Å²) in [7, 11) is 1.80. The predicted molar refractivity (Wildman–Crippen MR) is 73.1 cm³/mol.